The van der Waals surface area contributed by atoms with Gasteiger partial charge in [0.2, 0.25) is 5.91 Å². The van der Waals surface area contributed by atoms with Crippen LogP contribution in [0.15, 0.2) is 18.2 Å². The van der Waals surface area contributed by atoms with Crippen LogP contribution >= 0.6 is 0 Å². The fraction of sp³-hybridized carbons (Fsp3) is 0.533. The van der Waals surface area contributed by atoms with Crippen molar-refractivity contribution < 1.29 is 13.6 Å². The van der Waals surface area contributed by atoms with Crippen LogP contribution in [0.4, 0.5) is 8.78 Å². The van der Waals surface area contributed by atoms with Crippen molar-refractivity contribution in [2.24, 2.45) is 17.6 Å². The summed E-state index contributed by atoms with van der Waals surface area (Å²) in [6.45, 7) is 2.27. The number of rotatable bonds is 4. The third-order valence-corrected chi connectivity index (χ3v) is 4.10. The molecule has 1 aliphatic rings. The van der Waals surface area contributed by atoms with E-state index in [1.54, 1.807) is 6.92 Å². The Bertz CT molecular complexity index is 493. The predicted octanol–water partition coefficient (Wildman–Crippen LogP) is 2.52. The molecule has 1 aromatic rings. The lowest BCUT2D eigenvalue weighted by molar-refractivity contribution is -0.126. The van der Waals surface area contributed by atoms with E-state index in [-0.39, 0.29) is 23.8 Å². The molecule has 0 radical (unpaired) electrons. The molecule has 3 atom stereocenters. The Labute approximate surface area is 117 Å². The van der Waals surface area contributed by atoms with Crippen LogP contribution in [0.5, 0.6) is 0 Å². The number of nitrogens with two attached hydrogens (primary N) is 1. The Morgan fingerprint density at radius 3 is 2.80 bits per heavy atom. The van der Waals surface area contributed by atoms with Crippen LogP contribution in [0.25, 0.3) is 0 Å². The molecule has 2 rings (SSSR count). The van der Waals surface area contributed by atoms with Gasteiger partial charge in [0.25, 0.3) is 0 Å². The molecule has 0 saturated heterocycles. The minimum absolute atomic E-state index is 0.0461. The van der Waals surface area contributed by atoms with Crippen molar-refractivity contribution in [1.29, 1.82) is 0 Å². The van der Waals surface area contributed by atoms with Crippen molar-refractivity contribution >= 4 is 5.91 Å². The highest BCUT2D eigenvalue weighted by molar-refractivity contribution is 5.79. The van der Waals surface area contributed by atoms with Crippen LogP contribution in [0.2, 0.25) is 0 Å². The molecule has 0 spiro atoms. The number of carbonyl (C=O) groups is 1. The van der Waals surface area contributed by atoms with Crippen molar-refractivity contribution in [3.8, 4) is 0 Å². The van der Waals surface area contributed by atoms with E-state index < -0.39 is 11.6 Å². The standard InChI is InChI=1S/C15H20F2N2O/c1-9(10-5-6-13(16)14(17)7-10)19-15(20)12-4-2-3-11(12)8-18/h5-7,9,11-12H,2-4,8,18H2,1H3,(H,19,20)/t9?,11-,12-/m1/s1. The quantitative estimate of drug-likeness (QED) is 0.891. The molecule has 1 unspecified atom stereocenters. The zero-order chi connectivity index (χ0) is 14.7. The smallest absolute Gasteiger partial charge is 0.223 e. The van der Waals surface area contributed by atoms with Crippen LogP contribution in [0.3, 0.4) is 0 Å². The lowest BCUT2D eigenvalue weighted by atomic mass is 9.94. The highest BCUT2D eigenvalue weighted by atomic mass is 19.2. The molecule has 3 N–H and O–H groups in total. The van der Waals surface area contributed by atoms with E-state index in [4.69, 9.17) is 5.73 Å². The third kappa shape index (κ3) is 3.15. The third-order valence-electron chi connectivity index (χ3n) is 4.10. The molecule has 0 aromatic heterocycles. The topological polar surface area (TPSA) is 55.1 Å². The number of halogens is 2. The summed E-state index contributed by atoms with van der Waals surface area (Å²) in [6.07, 6.45) is 2.84. The van der Waals surface area contributed by atoms with Crippen molar-refractivity contribution in [1.82, 2.24) is 5.32 Å². The molecular weight excluding hydrogens is 262 g/mol. The van der Waals surface area contributed by atoms with E-state index in [1.165, 1.54) is 6.07 Å². The highest BCUT2D eigenvalue weighted by Gasteiger charge is 2.32. The van der Waals surface area contributed by atoms with Gasteiger partial charge in [0, 0.05) is 5.92 Å². The summed E-state index contributed by atoms with van der Waals surface area (Å²) < 4.78 is 26.1. The monoisotopic (exact) mass is 282 g/mol. The van der Waals surface area contributed by atoms with Crippen molar-refractivity contribution in [2.45, 2.75) is 32.2 Å². The van der Waals surface area contributed by atoms with Gasteiger partial charge in [-0.3, -0.25) is 4.79 Å². The van der Waals surface area contributed by atoms with Crippen molar-refractivity contribution in [2.75, 3.05) is 6.54 Å². The molecule has 1 amide bonds. The molecule has 110 valence electrons. The molecule has 3 nitrogen and oxygen atoms in total. The Hall–Kier alpha value is -1.49. The van der Waals surface area contributed by atoms with Gasteiger partial charge in [-0.1, -0.05) is 12.5 Å². The van der Waals surface area contributed by atoms with E-state index in [0.717, 1.165) is 31.4 Å². The molecule has 1 saturated carbocycles. The van der Waals surface area contributed by atoms with Gasteiger partial charge < -0.3 is 11.1 Å². The van der Waals surface area contributed by atoms with Crippen LogP contribution in [-0.4, -0.2) is 12.5 Å². The van der Waals surface area contributed by atoms with Crippen LogP contribution in [-0.2, 0) is 4.79 Å². The Balaban J connectivity index is 2.01. The first-order chi connectivity index (χ1) is 9.52. The predicted molar refractivity (Wildman–Crippen MR) is 72.8 cm³/mol. The average molecular weight is 282 g/mol. The fourth-order valence-corrected chi connectivity index (χ4v) is 2.85. The van der Waals surface area contributed by atoms with Gasteiger partial charge in [-0.15, -0.1) is 0 Å². The van der Waals surface area contributed by atoms with Gasteiger partial charge >= 0.3 is 0 Å². The van der Waals surface area contributed by atoms with Gasteiger partial charge in [-0.2, -0.15) is 0 Å². The second-order valence-corrected chi connectivity index (χ2v) is 5.44. The summed E-state index contributed by atoms with van der Waals surface area (Å²) in [5.74, 6) is -1.66. The summed E-state index contributed by atoms with van der Waals surface area (Å²) in [5.41, 5.74) is 6.22. The Morgan fingerprint density at radius 1 is 1.40 bits per heavy atom. The van der Waals surface area contributed by atoms with Gasteiger partial charge in [0.15, 0.2) is 11.6 Å². The molecule has 1 fully saturated rings. The summed E-state index contributed by atoms with van der Waals surface area (Å²) in [7, 11) is 0. The lowest BCUT2D eigenvalue weighted by Crippen LogP contribution is -2.36. The zero-order valence-corrected chi connectivity index (χ0v) is 11.5. The summed E-state index contributed by atoms with van der Waals surface area (Å²) in [5, 5.41) is 2.87. The lowest BCUT2D eigenvalue weighted by Gasteiger charge is -2.21. The van der Waals surface area contributed by atoms with Gasteiger partial charge in [-0.25, -0.2) is 8.78 Å². The number of amides is 1. The highest BCUT2D eigenvalue weighted by Crippen LogP contribution is 2.31. The summed E-state index contributed by atoms with van der Waals surface area (Å²) in [4.78, 5) is 12.2. The molecular formula is C15H20F2N2O. The maximum atomic E-state index is 13.2. The first kappa shape index (κ1) is 14.9. The second-order valence-electron chi connectivity index (χ2n) is 5.44. The Morgan fingerprint density at radius 2 is 2.15 bits per heavy atom. The van der Waals surface area contributed by atoms with Crippen LogP contribution in [0.1, 0.15) is 37.8 Å². The molecule has 0 aliphatic heterocycles. The van der Waals surface area contributed by atoms with E-state index in [1.807, 2.05) is 0 Å². The second kappa shape index (κ2) is 6.31. The normalized spacial score (nSPS) is 23.6. The van der Waals surface area contributed by atoms with Gasteiger partial charge in [0.1, 0.15) is 0 Å². The molecule has 20 heavy (non-hydrogen) atoms. The minimum Gasteiger partial charge on any atom is -0.349 e. The maximum absolute atomic E-state index is 13.2. The van der Waals surface area contributed by atoms with Crippen molar-refractivity contribution in [3.63, 3.8) is 0 Å². The van der Waals surface area contributed by atoms with Crippen molar-refractivity contribution in [3.05, 3.63) is 35.4 Å². The molecule has 5 heteroatoms. The molecule has 1 aliphatic carbocycles. The summed E-state index contributed by atoms with van der Waals surface area (Å²) >= 11 is 0. The zero-order valence-electron chi connectivity index (χ0n) is 11.5. The van der Waals surface area contributed by atoms with Crippen LogP contribution < -0.4 is 11.1 Å². The van der Waals surface area contributed by atoms with E-state index >= 15 is 0 Å². The molecule has 0 bridgehead atoms. The van der Waals surface area contributed by atoms with Gasteiger partial charge in [-0.05, 0) is 49.9 Å². The fourth-order valence-electron chi connectivity index (χ4n) is 2.85. The van der Waals surface area contributed by atoms with Gasteiger partial charge in [0.05, 0.1) is 6.04 Å². The first-order valence-electron chi connectivity index (χ1n) is 6.98. The molecule has 1 aromatic carbocycles. The number of carbonyl (C=O) groups excluding carboxylic acids is 1. The number of hydrogen-bond acceptors (Lipinski definition) is 2. The van der Waals surface area contributed by atoms with E-state index in [2.05, 4.69) is 5.32 Å². The van der Waals surface area contributed by atoms with Crippen LogP contribution in [0, 0.1) is 23.5 Å². The number of hydrogen-bond donors (Lipinski definition) is 2. The maximum Gasteiger partial charge on any atom is 0.223 e. The average Bonchev–Trinajstić information content (AvgIpc) is 2.90. The van der Waals surface area contributed by atoms with E-state index in [0.29, 0.717) is 12.1 Å². The number of nitrogens with one attached hydrogen (secondary N) is 1. The Kier molecular flexibility index (Phi) is 4.70. The first-order valence-corrected chi connectivity index (χ1v) is 6.98. The SMILES string of the molecule is CC(NC(=O)[C@@H]1CCC[C@@H]1CN)c1ccc(F)c(F)c1. The number of benzene rings is 1. The largest absolute Gasteiger partial charge is 0.349 e. The van der Waals surface area contributed by atoms with E-state index in [9.17, 15) is 13.6 Å². The minimum atomic E-state index is -0.899. The molecule has 0 heterocycles. The summed E-state index contributed by atoms with van der Waals surface area (Å²) in [6, 6.07) is 3.33.